The molecule has 0 saturated carbocycles. The Kier molecular flexibility index (Phi) is 10.3. The maximum Gasteiger partial charge on any atom is 0.362 e. The third kappa shape index (κ3) is 8.28. The van der Waals surface area contributed by atoms with Gasteiger partial charge in [-0.3, -0.25) is 14.6 Å². The van der Waals surface area contributed by atoms with Gasteiger partial charge in [-0.05, 0) is 13.3 Å². The zero-order valence-corrected chi connectivity index (χ0v) is 12.2. The monoisotopic (exact) mass is 282 g/mol. The molecule has 0 saturated heterocycles. The number of nitrogens with one attached hydrogen (secondary N) is 1. The third-order valence-electron chi connectivity index (χ3n) is 1.28. The molecule has 0 aromatic carbocycles. The van der Waals surface area contributed by atoms with Crippen molar-refractivity contribution in [1.29, 1.82) is 0 Å². The number of hydrogen-bond acceptors (Lipinski definition) is 5. The molecule has 1 unspecified atom stereocenters. The van der Waals surface area contributed by atoms with Crippen LogP contribution in [0.5, 0.6) is 0 Å². The second-order valence-electron chi connectivity index (χ2n) is 2.72. The highest BCUT2D eigenvalue weighted by molar-refractivity contribution is 8.99. The molecule has 16 heavy (non-hydrogen) atoms. The van der Waals surface area contributed by atoms with Crippen LogP contribution in [0.2, 0.25) is 0 Å². The molecule has 0 rings (SSSR count). The smallest absolute Gasteiger partial charge is 0.306 e. The van der Waals surface area contributed by atoms with Gasteiger partial charge in [-0.2, -0.15) is 0 Å². The van der Waals surface area contributed by atoms with E-state index in [1.807, 2.05) is 6.92 Å². The van der Waals surface area contributed by atoms with Crippen LogP contribution >= 0.6 is 27.9 Å². The van der Waals surface area contributed by atoms with Crippen LogP contribution in [0.3, 0.4) is 0 Å². The molecule has 0 bridgehead atoms. The van der Waals surface area contributed by atoms with Gasteiger partial charge in [0.1, 0.15) is 0 Å². The zero-order chi connectivity index (χ0) is 12.3. The number of aliphatic imine (C=N–C) groups is 1. The molecule has 0 aromatic heterocycles. The van der Waals surface area contributed by atoms with E-state index in [0.717, 1.165) is 12.2 Å². The molecule has 0 aromatic rings. The Morgan fingerprint density at radius 3 is 2.88 bits per heavy atom. The quantitative estimate of drug-likeness (QED) is 0.165. The van der Waals surface area contributed by atoms with E-state index >= 15 is 0 Å². The van der Waals surface area contributed by atoms with Crippen molar-refractivity contribution in [2.24, 2.45) is 4.99 Å². The predicted octanol–water partition coefficient (Wildman–Crippen LogP) is 3.73. The van der Waals surface area contributed by atoms with Gasteiger partial charge < -0.3 is 4.52 Å². The van der Waals surface area contributed by atoms with Crippen molar-refractivity contribution in [3.05, 3.63) is 12.7 Å². The molecule has 0 aliphatic heterocycles. The van der Waals surface area contributed by atoms with Crippen LogP contribution < -0.4 is 5.09 Å². The molecule has 0 spiro atoms. The first-order chi connectivity index (χ1) is 7.68. The maximum atomic E-state index is 12.1. The van der Waals surface area contributed by atoms with E-state index in [1.54, 1.807) is 16.9 Å². The van der Waals surface area contributed by atoms with Crippen LogP contribution in [-0.2, 0) is 9.09 Å². The summed E-state index contributed by atoms with van der Waals surface area (Å²) in [6.45, 7) is 5.52. The van der Waals surface area contributed by atoms with Gasteiger partial charge in [0.2, 0.25) is 0 Å². The van der Waals surface area contributed by atoms with E-state index in [-0.39, 0.29) is 0 Å². The van der Waals surface area contributed by atoms with Crippen LogP contribution in [0.4, 0.5) is 0 Å². The fourth-order valence-electron chi connectivity index (χ4n) is 0.679. The van der Waals surface area contributed by atoms with Gasteiger partial charge in [-0.25, -0.2) is 0 Å². The lowest BCUT2D eigenvalue weighted by Gasteiger charge is -2.14. The van der Waals surface area contributed by atoms with Gasteiger partial charge in [0.25, 0.3) is 0 Å². The van der Waals surface area contributed by atoms with E-state index in [4.69, 9.17) is 4.52 Å². The Balaban J connectivity index is 4.10. The van der Waals surface area contributed by atoms with Crippen molar-refractivity contribution in [2.45, 2.75) is 20.3 Å². The van der Waals surface area contributed by atoms with E-state index in [2.05, 4.69) is 23.6 Å². The average Bonchev–Trinajstić information content (AvgIpc) is 2.25. The highest BCUT2D eigenvalue weighted by Crippen LogP contribution is 2.61. The molecule has 0 heterocycles. The summed E-state index contributed by atoms with van der Waals surface area (Å²) in [5, 5.41) is 2.73. The van der Waals surface area contributed by atoms with Crippen molar-refractivity contribution in [3.8, 4) is 0 Å². The van der Waals surface area contributed by atoms with Crippen molar-refractivity contribution in [3.63, 3.8) is 0 Å². The average molecular weight is 282 g/mol. The highest BCUT2D eigenvalue weighted by Gasteiger charge is 2.22. The SMILES string of the molecule is C=CCN=CNP(=O)(OCC)SSCCC. The van der Waals surface area contributed by atoms with Gasteiger partial charge in [-0.1, -0.05) is 23.8 Å². The molecule has 0 aliphatic carbocycles. The van der Waals surface area contributed by atoms with Gasteiger partial charge >= 0.3 is 6.72 Å². The summed E-state index contributed by atoms with van der Waals surface area (Å²) in [4.78, 5) is 3.96. The van der Waals surface area contributed by atoms with Gasteiger partial charge in [0, 0.05) is 16.2 Å². The summed E-state index contributed by atoms with van der Waals surface area (Å²) in [5.41, 5.74) is 0. The summed E-state index contributed by atoms with van der Waals surface area (Å²) >= 11 is 0. The first-order valence-electron chi connectivity index (χ1n) is 5.11. The molecule has 0 radical (unpaired) electrons. The molecular formula is C9H19N2O2PS2. The summed E-state index contributed by atoms with van der Waals surface area (Å²) in [6.07, 6.45) is 4.15. The standard InChI is InChI=1S/C9H19N2O2PS2/c1-4-7-10-9-11-14(12,13-6-3)16-15-8-5-2/h4,9H,1,5-8H2,2-3H3,(H,10,11,12). The molecule has 0 fully saturated rings. The highest BCUT2D eigenvalue weighted by atomic mass is 33.3. The molecular weight excluding hydrogens is 263 g/mol. The minimum atomic E-state index is -2.84. The van der Waals surface area contributed by atoms with Crippen molar-refractivity contribution in [2.75, 3.05) is 18.9 Å². The van der Waals surface area contributed by atoms with Gasteiger partial charge in [0.15, 0.2) is 0 Å². The van der Waals surface area contributed by atoms with E-state index in [1.165, 1.54) is 16.8 Å². The summed E-state index contributed by atoms with van der Waals surface area (Å²) in [5.74, 6) is 0.952. The lowest BCUT2D eigenvalue weighted by atomic mass is 10.6. The minimum absolute atomic E-state index is 0.416. The van der Waals surface area contributed by atoms with Gasteiger partial charge in [0.05, 0.1) is 19.5 Å². The fraction of sp³-hybridized carbons (Fsp3) is 0.667. The first-order valence-corrected chi connectivity index (χ1v) is 9.66. The molecule has 1 N–H and O–H groups in total. The van der Waals surface area contributed by atoms with Crippen LogP contribution in [-0.4, -0.2) is 25.2 Å². The van der Waals surface area contributed by atoms with Crippen LogP contribution in [0.15, 0.2) is 17.6 Å². The molecule has 0 aliphatic rings. The van der Waals surface area contributed by atoms with Gasteiger partial charge in [-0.15, -0.1) is 6.58 Å². The number of nitrogens with zero attached hydrogens (tertiary/aromatic N) is 1. The normalized spacial score (nSPS) is 14.9. The zero-order valence-electron chi connectivity index (χ0n) is 9.72. The Hall–Kier alpha value is 0.1000. The van der Waals surface area contributed by atoms with E-state index in [9.17, 15) is 4.57 Å². The molecule has 7 heteroatoms. The molecule has 4 nitrogen and oxygen atoms in total. The maximum absolute atomic E-state index is 12.1. The Morgan fingerprint density at radius 2 is 2.31 bits per heavy atom. The van der Waals surface area contributed by atoms with Crippen LogP contribution in [0, 0.1) is 0 Å². The molecule has 1 atom stereocenters. The van der Waals surface area contributed by atoms with E-state index < -0.39 is 6.72 Å². The third-order valence-corrected chi connectivity index (χ3v) is 7.94. The second-order valence-corrected chi connectivity index (χ2v) is 8.97. The summed E-state index contributed by atoms with van der Waals surface area (Å²) < 4.78 is 17.4. The Labute approximate surface area is 105 Å². The predicted molar refractivity (Wildman–Crippen MR) is 76.3 cm³/mol. The van der Waals surface area contributed by atoms with E-state index in [0.29, 0.717) is 13.2 Å². The van der Waals surface area contributed by atoms with Crippen molar-refractivity contribution in [1.82, 2.24) is 5.09 Å². The first kappa shape index (κ1) is 16.1. The second kappa shape index (κ2) is 10.3. The topological polar surface area (TPSA) is 50.7 Å². The minimum Gasteiger partial charge on any atom is -0.306 e. The number of rotatable bonds is 10. The van der Waals surface area contributed by atoms with Crippen LogP contribution in [0.25, 0.3) is 0 Å². The van der Waals surface area contributed by atoms with Crippen LogP contribution in [0.1, 0.15) is 20.3 Å². The largest absolute Gasteiger partial charge is 0.362 e. The molecule has 94 valence electrons. The number of hydrogen-bond donors (Lipinski definition) is 1. The van der Waals surface area contributed by atoms with Crippen molar-refractivity contribution >= 4 is 34.3 Å². The Morgan fingerprint density at radius 1 is 1.56 bits per heavy atom. The summed E-state index contributed by atoms with van der Waals surface area (Å²) in [7, 11) is 2.80. The lowest BCUT2D eigenvalue weighted by molar-refractivity contribution is 0.343. The fourth-order valence-corrected chi connectivity index (χ4v) is 6.33. The summed E-state index contributed by atoms with van der Waals surface area (Å²) in [6, 6.07) is 0. The lowest BCUT2D eigenvalue weighted by Crippen LogP contribution is -2.07. The Bertz CT molecular complexity index is 262. The molecule has 0 amide bonds. The van der Waals surface area contributed by atoms with Crippen molar-refractivity contribution < 1.29 is 9.09 Å².